The molecule has 1 fully saturated rings. The van der Waals surface area contributed by atoms with E-state index >= 15 is 0 Å². The quantitative estimate of drug-likeness (QED) is 0.902. The van der Waals surface area contributed by atoms with Crippen molar-refractivity contribution >= 4 is 11.6 Å². The Morgan fingerprint density at radius 2 is 1.95 bits per heavy atom. The zero-order valence-electron chi connectivity index (χ0n) is 11.3. The molecule has 19 heavy (non-hydrogen) atoms. The first-order valence-corrected chi connectivity index (χ1v) is 7.32. The van der Waals surface area contributed by atoms with Crippen LogP contribution in [0.4, 0.5) is 0 Å². The van der Waals surface area contributed by atoms with Crippen LogP contribution in [0, 0.1) is 0 Å². The van der Waals surface area contributed by atoms with E-state index in [1.54, 1.807) is 0 Å². The molecular formula is C15H22ClNO2. The van der Waals surface area contributed by atoms with Crippen molar-refractivity contribution in [2.24, 2.45) is 5.73 Å². The molecule has 2 unspecified atom stereocenters. The molecule has 0 spiro atoms. The fraction of sp³-hybridized carbons (Fsp3) is 0.600. The highest BCUT2D eigenvalue weighted by molar-refractivity contribution is 6.30. The van der Waals surface area contributed by atoms with Crippen LogP contribution in [-0.2, 0) is 9.47 Å². The van der Waals surface area contributed by atoms with Gasteiger partial charge < -0.3 is 15.2 Å². The van der Waals surface area contributed by atoms with Crippen LogP contribution >= 0.6 is 11.6 Å². The number of hydrogen-bond donors (Lipinski definition) is 1. The minimum absolute atomic E-state index is 0.00372. The fourth-order valence-corrected chi connectivity index (χ4v) is 2.44. The van der Waals surface area contributed by atoms with Crippen molar-refractivity contribution in [3.63, 3.8) is 0 Å². The van der Waals surface area contributed by atoms with Gasteiger partial charge in [0.2, 0.25) is 0 Å². The molecule has 3 nitrogen and oxygen atoms in total. The molecule has 1 aliphatic rings. The predicted octanol–water partition coefficient (Wildman–Crippen LogP) is 3.31. The summed E-state index contributed by atoms with van der Waals surface area (Å²) >= 11 is 5.93. The van der Waals surface area contributed by atoms with E-state index in [9.17, 15) is 0 Å². The van der Waals surface area contributed by atoms with Crippen LogP contribution in [0.3, 0.4) is 0 Å². The smallest absolute Gasteiger partial charge is 0.0979 e. The number of rotatable bonds is 5. The predicted molar refractivity (Wildman–Crippen MR) is 77.4 cm³/mol. The van der Waals surface area contributed by atoms with Gasteiger partial charge in [0.25, 0.3) is 0 Å². The second-order valence-electron chi connectivity index (χ2n) is 4.99. The summed E-state index contributed by atoms with van der Waals surface area (Å²) in [6.45, 7) is 3.64. The van der Waals surface area contributed by atoms with Gasteiger partial charge in [0.1, 0.15) is 0 Å². The second-order valence-corrected chi connectivity index (χ2v) is 5.43. The first kappa shape index (κ1) is 14.8. The highest BCUT2D eigenvalue weighted by atomic mass is 35.5. The van der Waals surface area contributed by atoms with Crippen molar-refractivity contribution in [2.75, 3.05) is 13.2 Å². The number of ether oxygens (including phenoxy) is 2. The maximum absolute atomic E-state index is 6.22. The molecule has 0 amide bonds. The summed E-state index contributed by atoms with van der Waals surface area (Å²) in [4.78, 5) is 0. The van der Waals surface area contributed by atoms with Gasteiger partial charge in [0.05, 0.1) is 12.2 Å². The molecule has 0 saturated carbocycles. The van der Waals surface area contributed by atoms with Crippen molar-refractivity contribution in [1.29, 1.82) is 0 Å². The van der Waals surface area contributed by atoms with Gasteiger partial charge in [-0.2, -0.15) is 0 Å². The summed E-state index contributed by atoms with van der Waals surface area (Å²) in [6, 6.07) is 7.78. The summed E-state index contributed by atoms with van der Waals surface area (Å²) in [5, 5.41) is 0.735. The van der Waals surface area contributed by atoms with Crippen LogP contribution in [0.25, 0.3) is 0 Å². The highest BCUT2D eigenvalue weighted by Gasteiger charge is 2.24. The fourth-order valence-electron chi connectivity index (χ4n) is 2.31. The molecule has 1 aromatic carbocycles. The molecule has 2 N–H and O–H groups in total. The van der Waals surface area contributed by atoms with Crippen LogP contribution in [0.2, 0.25) is 5.02 Å². The van der Waals surface area contributed by atoms with Crippen LogP contribution in [0.1, 0.15) is 37.9 Å². The molecule has 1 heterocycles. The molecule has 1 aromatic rings. The van der Waals surface area contributed by atoms with Gasteiger partial charge in [-0.3, -0.25) is 0 Å². The largest absolute Gasteiger partial charge is 0.381 e. The lowest BCUT2D eigenvalue weighted by molar-refractivity contribution is -0.0778. The van der Waals surface area contributed by atoms with Crippen LogP contribution in [-0.4, -0.2) is 25.4 Å². The molecular weight excluding hydrogens is 262 g/mol. The zero-order chi connectivity index (χ0) is 13.7. The number of hydrogen-bond acceptors (Lipinski definition) is 3. The zero-order valence-corrected chi connectivity index (χ0v) is 12.1. The van der Waals surface area contributed by atoms with Gasteiger partial charge in [-0.05, 0) is 37.0 Å². The van der Waals surface area contributed by atoms with Gasteiger partial charge >= 0.3 is 0 Å². The number of nitrogens with two attached hydrogens (primary N) is 1. The molecule has 1 saturated heterocycles. The number of halogens is 1. The first-order chi connectivity index (χ1) is 9.20. The van der Waals surface area contributed by atoms with Crippen molar-refractivity contribution in [1.82, 2.24) is 0 Å². The van der Waals surface area contributed by atoms with E-state index in [2.05, 4.69) is 6.92 Å². The molecule has 0 aromatic heterocycles. The minimum atomic E-state index is -0.0645. The van der Waals surface area contributed by atoms with Gasteiger partial charge in [0.15, 0.2) is 0 Å². The average Bonchev–Trinajstić information content (AvgIpc) is 2.46. The molecule has 4 heteroatoms. The third-order valence-electron chi connectivity index (χ3n) is 3.57. The van der Waals surface area contributed by atoms with Gasteiger partial charge in [-0.1, -0.05) is 30.7 Å². The maximum Gasteiger partial charge on any atom is 0.0979 e. The normalized spacial score (nSPS) is 20.2. The van der Waals surface area contributed by atoms with Gasteiger partial charge in [-0.25, -0.2) is 0 Å². The average molecular weight is 284 g/mol. The monoisotopic (exact) mass is 283 g/mol. The van der Waals surface area contributed by atoms with E-state index in [4.69, 9.17) is 26.8 Å². The Hall–Kier alpha value is -0.610. The summed E-state index contributed by atoms with van der Waals surface area (Å²) in [5.41, 5.74) is 7.32. The summed E-state index contributed by atoms with van der Waals surface area (Å²) < 4.78 is 11.6. The Balaban J connectivity index is 2.08. The van der Waals surface area contributed by atoms with Crippen molar-refractivity contribution in [3.8, 4) is 0 Å². The van der Waals surface area contributed by atoms with Crippen LogP contribution in [0.5, 0.6) is 0 Å². The van der Waals surface area contributed by atoms with E-state index < -0.39 is 0 Å². The van der Waals surface area contributed by atoms with Crippen LogP contribution in [0.15, 0.2) is 24.3 Å². The topological polar surface area (TPSA) is 44.5 Å². The van der Waals surface area contributed by atoms with Crippen molar-refractivity contribution < 1.29 is 9.47 Å². The van der Waals surface area contributed by atoms with E-state index in [1.165, 1.54) is 0 Å². The lowest BCUT2D eigenvalue weighted by atomic mass is 10.00. The highest BCUT2D eigenvalue weighted by Crippen LogP contribution is 2.27. The standard InChI is InChI=1S/C15H22ClNO2/c1-2-14(17)15(11-3-5-12(16)6-4-11)19-13-7-9-18-10-8-13/h3-6,13-15H,2,7-10,17H2,1H3. The Bertz CT molecular complexity index is 376. The van der Waals surface area contributed by atoms with Gasteiger partial charge in [0, 0.05) is 24.3 Å². The molecule has 2 rings (SSSR count). The van der Waals surface area contributed by atoms with E-state index in [0.717, 1.165) is 43.1 Å². The van der Waals surface area contributed by atoms with E-state index in [1.807, 2.05) is 24.3 Å². The SMILES string of the molecule is CCC(N)C(OC1CCOCC1)c1ccc(Cl)cc1. The lowest BCUT2D eigenvalue weighted by Crippen LogP contribution is -2.34. The molecule has 1 aliphatic heterocycles. The molecule has 0 bridgehead atoms. The summed E-state index contributed by atoms with van der Waals surface area (Å²) in [5.74, 6) is 0. The molecule has 106 valence electrons. The maximum atomic E-state index is 6.22. The lowest BCUT2D eigenvalue weighted by Gasteiger charge is -2.31. The Kier molecular flexibility index (Phi) is 5.64. The Morgan fingerprint density at radius 1 is 1.32 bits per heavy atom. The number of benzene rings is 1. The Morgan fingerprint density at radius 3 is 2.53 bits per heavy atom. The second kappa shape index (κ2) is 7.25. The molecule has 2 atom stereocenters. The van der Waals surface area contributed by atoms with Crippen molar-refractivity contribution in [3.05, 3.63) is 34.9 Å². The van der Waals surface area contributed by atoms with Crippen LogP contribution < -0.4 is 5.73 Å². The third kappa shape index (κ3) is 4.18. The summed E-state index contributed by atoms with van der Waals surface area (Å²) in [7, 11) is 0. The Labute approximate surface area is 120 Å². The van der Waals surface area contributed by atoms with E-state index in [-0.39, 0.29) is 18.2 Å². The summed E-state index contributed by atoms with van der Waals surface area (Å²) in [6.07, 6.45) is 2.95. The molecule has 0 aliphatic carbocycles. The molecule has 0 radical (unpaired) electrons. The van der Waals surface area contributed by atoms with Gasteiger partial charge in [-0.15, -0.1) is 0 Å². The first-order valence-electron chi connectivity index (χ1n) is 6.95. The van der Waals surface area contributed by atoms with E-state index in [0.29, 0.717) is 0 Å². The third-order valence-corrected chi connectivity index (χ3v) is 3.82. The minimum Gasteiger partial charge on any atom is -0.381 e. The van der Waals surface area contributed by atoms with Crippen molar-refractivity contribution in [2.45, 2.75) is 44.4 Å².